The summed E-state index contributed by atoms with van der Waals surface area (Å²) in [7, 11) is 1.66. The third kappa shape index (κ3) is 4.84. The van der Waals surface area contributed by atoms with E-state index in [0.717, 1.165) is 17.7 Å². The molecule has 1 atom stereocenters. The van der Waals surface area contributed by atoms with Crippen LogP contribution in [0, 0.1) is 0 Å². The zero-order valence-corrected chi connectivity index (χ0v) is 14.4. The number of benzene rings is 2. The predicted octanol–water partition coefficient (Wildman–Crippen LogP) is 2.20. The minimum Gasteiger partial charge on any atom is -0.497 e. The monoisotopic (exact) mass is 336 g/mol. The first kappa shape index (κ1) is 17.0. The summed E-state index contributed by atoms with van der Waals surface area (Å²) in [5.74, 6) is 1.54. The van der Waals surface area contributed by atoms with Gasteiger partial charge in [0.15, 0.2) is 5.96 Å². The molecule has 3 rings (SSSR count). The van der Waals surface area contributed by atoms with Crippen molar-refractivity contribution < 1.29 is 4.74 Å². The highest BCUT2D eigenvalue weighted by Crippen LogP contribution is 2.16. The van der Waals surface area contributed by atoms with Crippen LogP contribution in [0.15, 0.2) is 71.9 Å². The highest BCUT2D eigenvalue weighted by Gasteiger charge is 2.26. The summed E-state index contributed by atoms with van der Waals surface area (Å²) < 4.78 is 5.19. The van der Waals surface area contributed by atoms with Gasteiger partial charge in [0.25, 0.3) is 0 Å². The Labute approximate surface area is 148 Å². The van der Waals surface area contributed by atoms with Crippen molar-refractivity contribution in [1.82, 2.24) is 10.6 Å². The van der Waals surface area contributed by atoms with Gasteiger partial charge < -0.3 is 21.1 Å². The fourth-order valence-electron chi connectivity index (χ4n) is 2.78. The summed E-state index contributed by atoms with van der Waals surface area (Å²) in [6.07, 6.45) is 5.33. The molecule has 0 radical (unpaired) electrons. The third-order valence-corrected chi connectivity index (χ3v) is 4.12. The summed E-state index contributed by atoms with van der Waals surface area (Å²) in [4.78, 5) is 4.59. The van der Waals surface area contributed by atoms with Gasteiger partial charge in [-0.1, -0.05) is 42.5 Å². The number of nitrogens with zero attached hydrogens (tertiary/aromatic N) is 1. The van der Waals surface area contributed by atoms with Gasteiger partial charge in [0.2, 0.25) is 0 Å². The quantitative estimate of drug-likeness (QED) is 0.756. The molecule has 1 aliphatic rings. The largest absolute Gasteiger partial charge is 0.497 e. The van der Waals surface area contributed by atoms with E-state index in [1.807, 2.05) is 54.7 Å². The Kier molecular flexibility index (Phi) is 5.36. The molecule has 1 aliphatic heterocycles. The molecule has 5 heteroatoms. The Hall–Kier alpha value is -2.79. The van der Waals surface area contributed by atoms with Gasteiger partial charge in [-0.15, -0.1) is 0 Å². The SMILES string of the molecule is COc1ccc(CC2(N)C=CNC(=NCCc3ccccc3)N2)cc1. The summed E-state index contributed by atoms with van der Waals surface area (Å²) in [6.45, 7) is 0.700. The highest BCUT2D eigenvalue weighted by atomic mass is 16.5. The fraction of sp³-hybridized carbons (Fsp3) is 0.250. The van der Waals surface area contributed by atoms with Crippen LogP contribution in [0.2, 0.25) is 0 Å². The molecule has 130 valence electrons. The number of aliphatic imine (C=N–C) groups is 1. The fourth-order valence-corrected chi connectivity index (χ4v) is 2.78. The van der Waals surface area contributed by atoms with Crippen LogP contribution >= 0.6 is 0 Å². The summed E-state index contributed by atoms with van der Waals surface area (Å²) in [5.41, 5.74) is 8.23. The molecule has 0 fully saturated rings. The first-order chi connectivity index (χ1) is 12.2. The van der Waals surface area contributed by atoms with E-state index in [1.165, 1.54) is 5.56 Å². The van der Waals surface area contributed by atoms with Crippen molar-refractivity contribution in [3.05, 3.63) is 78.0 Å². The molecule has 0 aromatic heterocycles. The second kappa shape index (κ2) is 7.85. The van der Waals surface area contributed by atoms with Crippen molar-refractivity contribution >= 4 is 5.96 Å². The number of nitrogens with two attached hydrogens (primary N) is 1. The van der Waals surface area contributed by atoms with Crippen molar-refractivity contribution in [2.24, 2.45) is 10.7 Å². The van der Waals surface area contributed by atoms with E-state index in [0.29, 0.717) is 18.9 Å². The average molecular weight is 336 g/mol. The topological polar surface area (TPSA) is 71.7 Å². The lowest BCUT2D eigenvalue weighted by atomic mass is 9.99. The zero-order valence-electron chi connectivity index (χ0n) is 14.4. The Balaban J connectivity index is 1.60. The molecule has 4 N–H and O–H groups in total. The van der Waals surface area contributed by atoms with Gasteiger partial charge in [0.1, 0.15) is 11.4 Å². The first-order valence-electron chi connectivity index (χ1n) is 8.39. The van der Waals surface area contributed by atoms with Gasteiger partial charge >= 0.3 is 0 Å². The average Bonchev–Trinajstić information content (AvgIpc) is 2.63. The van der Waals surface area contributed by atoms with Crippen LogP contribution in [0.1, 0.15) is 11.1 Å². The maximum absolute atomic E-state index is 6.48. The number of nitrogens with one attached hydrogen (secondary N) is 2. The van der Waals surface area contributed by atoms with Crippen molar-refractivity contribution in [3.63, 3.8) is 0 Å². The first-order valence-corrected chi connectivity index (χ1v) is 8.39. The van der Waals surface area contributed by atoms with E-state index < -0.39 is 5.66 Å². The second-order valence-electron chi connectivity index (χ2n) is 6.13. The van der Waals surface area contributed by atoms with E-state index in [2.05, 4.69) is 27.8 Å². The number of hydrogen-bond donors (Lipinski definition) is 3. The van der Waals surface area contributed by atoms with Crippen LogP contribution in [0.4, 0.5) is 0 Å². The summed E-state index contributed by atoms with van der Waals surface area (Å²) in [6, 6.07) is 18.3. The summed E-state index contributed by atoms with van der Waals surface area (Å²) >= 11 is 0. The van der Waals surface area contributed by atoms with Gasteiger partial charge in [0.05, 0.1) is 7.11 Å². The standard InChI is InChI=1S/C20H24N4O/c1-25-18-9-7-17(8-10-18)15-20(21)12-14-23-19(24-20)22-13-11-16-5-3-2-4-6-16/h2-10,12,14H,11,13,15,21H2,1H3,(H2,22,23,24). The molecule has 1 unspecified atom stereocenters. The molecule has 25 heavy (non-hydrogen) atoms. The van der Waals surface area contributed by atoms with E-state index in [-0.39, 0.29) is 0 Å². The van der Waals surface area contributed by atoms with Crippen LogP contribution in [-0.2, 0) is 12.8 Å². The third-order valence-electron chi connectivity index (χ3n) is 4.12. The Morgan fingerprint density at radius 2 is 1.80 bits per heavy atom. The molecule has 5 nitrogen and oxygen atoms in total. The maximum atomic E-state index is 6.48. The van der Waals surface area contributed by atoms with Crippen molar-refractivity contribution in [3.8, 4) is 5.75 Å². The molecule has 2 aromatic rings. The molecule has 0 saturated carbocycles. The van der Waals surface area contributed by atoms with Crippen LogP contribution in [0.25, 0.3) is 0 Å². The lowest BCUT2D eigenvalue weighted by Crippen LogP contribution is -2.61. The molecular weight excluding hydrogens is 312 g/mol. The van der Waals surface area contributed by atoms with Gasteiger partial charge in [-0.2, -0.15) is 0 Å². The normalized spacial score (nSPS) is 20.8. The number of guanidine groups is 1. The van der Waals surface area contributed by atoms with Gasteiger partial charge in [-0.05, 0) is 35.8 Å². The second-order valence-corrected chi connectivity index (χ2v) is 6.13. The minimum atomic E-state index is -0.661. The minimum absolute atomic E-state index is 0.660. The van der Waals surface area contributed by atoms with Crippen LogP contribution in [0.5, 0.6) is 5.75 Å². The lowest BCUT2D eigenvalue weighted by Gasteiger charge is -2.32. The highest BCUT2D eigenvalue weighted by molar-refractivity contribution is 5.83. The molecule has 0 saturated heterocycles. The van der Waals surface area contributed by atoms with E-state index in [9.17, 15) is 0 Å². The van der Waals surface area contributed by atoms with Crippen molar-refractivity contribution in [2.75, 3.05) is 13.7 Å². The molecule has 0 bridgehead atoms. The predicted molar refractivity (Wildman–Crippen MR) is 101 cm³/mol. The van der Waals surface area contributed by atoms with Crippen LogP contribution < -0.4 is 21.1 Å². The number of rotatable bonds is 6. The maximum Gasteiger partial charge on any atom is 0.197 e. The molecular formula is C20H24N4O. The zero-order chi connectivity index (χ0) is 17.5. The van der Waals surface area contributed by atoms with E-state index in [1.54, 1.807) is 7.11 Å². The van der Waals surface area contributed by atoms with Crippen LogP contribution in [-0.4, -0.2) is 25.3 Å². The number of methoxy groups -OCH3 is 1. The molecule has 2 aromatic carbocycles. The molecule has 0 amide bonds. The van der Waals surface area contributed by atoms with Gasteiger partial charge in [-0.25, -0.2) is 0 Å². The number of hydrogen-bond acceptors (Lipinski definition) is 3. The molecule has 0 spiro atoms. The van der Waals surface area contributed by atoms with Crippen molar-refractivity contribution in [1.29, 1.82) is 0 Å². The number of ether oxygens (including phenoxy) is 1. The van der Waals surface area contributed by atoms with Crippen molar-refractivity contribution in [2.45, 2.75) is 18.5 Å². The van der Waals surface area contributed by atoms with Gasteiger partial charge in [-0.3, -0.25) is 4.99 Å². The lowest BCUT2D eigenvalue weighted by molar-refractivity contribution is 0.414. The summed E-state index contributed by atoms with van der Waals surface area (Å²) in [5, 5.41) is 6.41. The molecule has 0 aliphatic carbocycles. The Bertz CT molecular complexity index is 740. The Morgan fingerprint density at radius 1 is 1.04 bits per heavy atom. The van der Waals surface area contributed by atoms with Gasteiger partial charge in [0, 0.05) is 19.2 Å². The van der Waals surface area contributed by atoms with E-state index >= 15 is 0 Å². The smallest absolute Gasteiger partial charge is 0.197 e. The Morgan fingerprint density at radius 3 is 2.52 bits per heavy atom. The molecule has 1 heterocycles. The van der Waals surface area contributed by atoms with E-state index in [4.69, 9.17) is 10.5 Å². The van der Waals surface area contributed by atoms with Crippen LogP contribution in [0.3, 0.4) is 0 Å².